The SMILES string of the molecule is CCC(c1ccccc1)c1ccc(COCCC(=O)NC)nc1. The zero-order valence-corrected chi connectivity index (χ0v) is 13.8. The lowest BCUT2D eigenvalue weighted by molar-refractivity contribution is -0.121. The molecule has 23 heavy (non-hydrogen) atoms. The lowest BCUT2D eigenvalue weighted by Gasteiger charge is -2.16. The van der Waals surface area contributed by atoms with Crippen molar-refractivity contribution in [1.82, 2.24) is 10.3 Å². The molecular formula is C19H24N2O2. The first kappa shape index (κ1) is 17.2. The number of aromatic nitrogens is 1. The quantitative estimate of drug-likeness (QED) is 0.761. The molecule has 122 valence electrons. The molecule has 0 aliphatic rings. The Morgan fingerprint density at radius 1 is 1.17 bits per heavy atom. The number of carbonyl (C=O) groups is 1. The standard InChI is InChI=1S/C19H24N2O2/c1-3-18(15-7-5-4-6-8-15)16-9-10-17(21-13-16)14-23-12-11-19(22)20-2/h4-10,13,18H,3,11-12,14H2,1-2H3,(H,20,22). The van der Waals surface area contributed by atoms with Gasteiger partial charge in [0.25, 0.3) is 0 Å². The molecule has 0 spiro atoms. The molecule has 1 amide bonds. The molecule has 0 fully saturated rings. The third-order valence-corrected chi connectivity index (χ3v) is 3.86. The summed E-state index contributed by atoms with van der Waals surface area (Å²) in [5.74, 6) is 0.355. The summed E-state index contributed by atoms with van der Waals surface area (Å²) in [4.78, 5) is 15.6. The summed E-state index contributed by atoms with van der Waals surface area (Å²) in [5, 5.41) is 2.57. The largest absolute Gasteiger partial charge is 0.375 e. The number of nitrogens with zero attached hydrogens (tertiary/aromatic N) is 1. The van der Waals surface area contributed by atoms with Gasteiger partial charge in [-0.3, -0.25) is 9.78 Å². The van der Waals surface area contributed by atoms with E-state index in [9.17, 15) is 4.79 Å². The molecule has 1 atom stereocenters. The Hall–Kier alpha value is -2.20. The van der Waals surface area contributed by atoms with Crippen molar-refractivity contribution < 1.29 is 9.53 Å². The maximum absolute atomic E-state index is 11.1. The fourth-order valence-electron chi connectivity index (χ4n) is 2.54. The Kier molecular flexibility index (Phi) is 6.76. The minimum atomic E-state index is -0.0121. The number of rotatable bonds is 8. The van der Waals surface area contributed by atoms with E-state index in [-0.39, 0.29) is 5.91 Å². The highest BCUT2D eigenvalue weighted by atomic mass is 16.5. The van der Waals surface area contributed by atoms with Crippen LogP contribution in [0.25, 0.3) is 0 Å². The van der Waals surface area contributed by atoms with Gasteiger partial charge in [0.15, 0.2) is 0 Å². The van der Waals surface area contributed by atoms with Gasteiger partial charge >= 0.3 is 0 Å². The second kappa shape index (κ2) is 9.06. The summed E-state index contributed by atoms with van der Waals surface area (Å²) in [6.07, 6.45) is 3.34. The molecule has 2 rings (SSSR count). The van der Waals surface area contributed by atoms with Crippen LogP contribution in [-0.4, -0.2) is 24.5 Å². The van der Waals surface area contributed by atoms with Crippen LogP contribution in [0.5, 0.6) is 0 Å². The molecule has 1 aromatic carbocycles. The van der Waals surface area contributed by atoms with Crippen molar-refractivity contribution in [2.75, 3.05) is 13.7 Å². The Bertz CT molecular complexity index is 597. The van der Waals surface area contributed by atoms with Gasteiger partial charge in [-0.15, -0.1) is 0 Å². The van der Waals surface area contributed by atoms with Crippen molar-refractivity contribution in [3.8, 4) is 0 Å². The third-order valence-electron chi connectivity index (χ3n) is 3.86. The Balaban J connectivity index is 1.92. The lowest BCUT2D eigenvalue weighted by Crippen LogP contribution is -2.19. The van der Waals surface area contributed by atoms with Gasteiger partial charge in [0, 0.05) is 25.6 Å². The van der Waals surface area contributed by atoms with Crippen LogP contribution in [0.15, 0.2) is 48.7 Å². The van der Waals surface area contributed by atoms with Crippen LogP contribution < -0.4 is 5.32 Å². The average Bonchev–Trinajstić information content (AvgIpc) is 2.61. The predicted molar refractivity (Wildman–Crippen MR) is 91.2 cm³/mol. The fraction of sp³-hybridized carbons (Fsp3) is 0.368. The third kappa shape index (κ3) is 5.18. The second-order valence-corrected chi connectivity index (χ2v) is 5.43. The number of benzene rings is 1. The smallest absolute Gasteiger partial charge is 0.222 e. The molecule has 1 aromatic heterocycles. The number of carbonyl (C=O) groups excluding carboxylic acids is 1. The molecule has 2 aromatic rings. The molecule has 4 heteroatoms. The van der Waals surface area contributed by atoms with E-state index in [4.69, 9.17) is 4.74 Å². The second-order valence-electron chi connectivity index (χ2n) is 5.43. The van der Waals surface area contributed by atoms with E-state index in [1.54, 1.807) is 7.05 Å². The van der Waals surface area contributed by atoms with E-state index in [0.29, 0.717) is 25.6 Å². The molecular weight excluding hydrogens is 288 g/mol. The van der Waals surface area contributed by atoms with E-state index in [0.717, 1.165) is 12.1 Å². The fourth-order valence-corrected chi connectivity index (χ4v) is 2.54. The molecule has 1 unspecified atom stereocenters. The minimum Gasteiger partial charge on any atom is -0.375 e. The Morgan fingerprint density at radius 2 is 1.96 bits per heavy atom. The van der Waals surface area contributed by atoms with Crippen LogP contribution in [-0.2, 0) is 16.1 Å². The number of nitrogens with one attached hydrogen (secondary N) is 1. The van der Waals surface area contributed by atoms with Crippen LogP contribution in [0.1, 0.15) is 42.5 Å². The Labute approximate surface area is 137 Å². The summed E-state index contributed by atoms with van der Waals surface area (Å²) in [7, 11) is 1.62. The van der Waals surface area contributed by atoms with Gasteiger partial charge in [0.05, 0.1) is 18.9 Å². The van der Waals surface area contributed by atoms with E-state index < -0.39 is 0 Å². The van der Waals surface area contributed by atoms with Crippen molar-refractivity contribution in [3.63, 3.8) is 0 Å². The van der Waals surface area contributed by atoms with Crippen LogP contribution in [0.4, 0.5) is 0 Å². The molecule has 1 N–H and O–H groups in total. The summed E-state index contributed by atoms with van der Waals surface area (Å²) in [6, 6.07) is 14.6. The van der Waals surface area contributed by atoms with Crippen molar-refractivity contribution in [3.05, 3.63) is 65.5 Å². The molecule has 4 nitrogen and oxygen atoms in total. The maximum Gasteiger partial charge on any atom is 0.222 e. The minimum absolute atomic E-state index is 0.0121. The topological polar surface area (TPSA) is 51.2 Å². The summed E-state index contributed by atoms with van der Waals surface area (Å²) in [5.41, 5.74) is 3.41. The van der Waals surface area contributed by atoms with Crippen LogP contribution in [0.3, 0.4) is 0 Å². The lowest BCUT2D eigenvalue weighted by atomic mass is 9.90. The van der Waals surface area contributed by atoms with Crippen molar-refractivity contribution in [2.45, 2.75) is 32.3 Å². The highest BCUT2D eigenvalue weighted by Crippen LogP contribution is 2.27. The number of hydrogen-bond donors (Lipinski definition) is 1. The van der Waals surface area contributed by atoms with Crippen molar-refractivity contribution in [1.29, 1.82) is 0 Å². The number of pyridine rings is 1. The van der Waals surface area contributed by atoms with Crippen molar-refractivity contribution in [2.24, 2.45) is 0 Å². The van der Waals surface area contributed by atoms with E-state index in [1.165, 1.54) is 11.1 Å². The van der Waals surface area contributed by atoms with E-state index >= 15 is 0 Å². The van der Waals surface area contributed by atoms with Gasteiger partial charge in [0.1, 0.15) is 0 Å². The number of ether oxygens (including phenoxy) is 1. The Morgan fingerprint density at radius 3 is 2.57 bits per heavy atom. The van der Waals surface area contributed by atoms with Crippen LogP contribution >= 0.6 is 0 Å². The van der Waals surface area contributed by atoms with Gasteiger partial charge in [0.2, 0.25) is 5.91 Å². The van der Waals surface area contributed by atoms with Gasteiger partial charge in [-0.2, -0.15) is 0 Å². The first-order valence-electron chi connectivity index (χ1n) is 8.02. The highest BCUT2D eigenvalue weighted by Gasteiger charge is 2.12. The van der Waals surface area contributed by atoms with E-state index in [1.807, 2.05) is 18.3 Å². The molecule has 0 saturated heterocycles. The normalized spacial score (nSPS) is 11.9. The first-order valence-corrected chi connectivity index (χ1v) is 8.02. The summed E-state index contributed by atoms with van der Waals surface area (Å²) in [6.45, 7) is 3.03. The van der Waals surface area contributed by atoms with E-state index in [2.05, 4.69) is 47.6 Å². The van der Waals surface area contributed by atoms with Crippen molar-refractivity contribution >= 4 is 5.91 Å². The average molecular weight is 312 g/mol. The number of hydrogen-bond acceptors (Lipinski definition) is 3. The number of amides is 1. The molecule has 0 saturated carbocycles. The molecule has 0 radical (unpaired) electrons. The first-order chi connectivity index (χ1) is 11.2. The van der Waals surface area contributed by atoms with Gasteiger partial charge < -0.3 is 10.1 Å². The zero-order chi connectivity index (χ0) is 16.5. The highest BCUT2D eigenvalue weighted by molar-refractivity contribution is 5.75. The van der Waals surface area contributed by atoms with Gasteiger partial charge in [-0.25, -0.2) is 0 Å². The monoisotopic (exact) mass is 312 g/mol. The van der Waals surface area contributed by atoms with Gasteiger partial charge in [-0.05, 0) is 23.6 Å². The molecule has 1 heterocycles. The van der Waals surface area contributed by atoms with Crippen LogP contribution in [0, 0.1) is 0 Å². The predicted octanol–water partition coefficient (Wildman–Crippen LogP) is 3.28. The van der Waals surface area contributed by atoms with Crippen LogP contribution in [0.2, 0.25) is 0 Å². The molecule has 0 bridgehead atoms. The van der Waals surface area contributed by atoms with Gasteiger partial charge in [-0.1, -0.05) is 43.3 Å². The summed E-state index contributed by atoms with van der Waals surface area (Å²) < 4.78 is 5.48. The molecule has 0 aliphatic heterocycles. The summed E-state index contributed by atoms with van der Waals surface area (Å²) >= 11 is 0. The maximum atomic E-state index is 11.1. The zero-order valence-electron chi connectivity index (χ0n) is 13.8. The molecule has 0 aliphatic carbocycles.